The van der Waals surface area contributed by atoms with E-state index in [1.807, 2.05) is 39.0 Å². The molecule has 1 spiro atoms. The van der Waals surface area contributed by atoms with Crippen molar-refractivity contribution in [3.05, 3.63) is 83.2 Å². The second-order valence-electron chi connectivity index (χ2n) is 13.3. The molecule has 2 aliphatic carbocycles. The molecular weight excluding hydrogens is 626 g/mol. The van der Waals surface area contributed by atoms with Gasteiger partial charge in [0.15, 0.2) is 6.10 Å². The van der Waals surface area contributed by atoms with Gasteiger partial charge in [0.25, 0.3) is 0 Å². The zero-order valence-electron chi connectivity index (χ0n) is 27.1. The van der Waals surface area contributed by atoms with Crippen LogP contribution in [0.25, 0.3) is 0 Å². The molecule has 1 saturated carbocycles. The van der Waals surface area contributed by atoms with Gasteiger partial charge in [-0.25, -0.2) is 14.4 Å². The van der Waals surface area contributed by atoms with Crippen LogP contribution in [0.5, 0.6) is 0 Å². The number of ether oxygens (including phenoxy) is 5. The van der Waals surface area contributed by atoms with E-state index < -0.39 is 72.0 Å². The smallest absolute Gasteiger partial charge is 0.355 e. The highest BCUT2D eigenvalue weighted by molar-refractivity contribution is 6.17. The molecule has 11 heteroatoms. The van der Waals surface area contributed by atoms with E-state index in [1.54, 1.807) is 49.5 Å². The van der Waals surface area contributed by atoms with Crippen LogP contribution in [0.2, 0.25) is 0 Å². The minimum Gasteiger partial charge on any atom is -0.456 e. The Morgan fingerprint density at radius 1 is 1.15 bits per heavy atom. The number of aliphatic hydroxyl groups is 1. The minimum absolute atomic E-state index is 0.225. The number of alkyl halides is 1. The number of rotatable bonds is 7. The lowest BCUT2D eigenvalue weighted by Gasteiger charge is -2.48. The van der Waals surface area contributed by atoms with Crippen molar-refractivity contribution in [2.75, 3.05) is 7.11 Å². The number of aliphatic hydroxyl groups excluding tert-OH is 1. The maximum atomic E-state index is 13.6. The number of aromatic amines is 1. The van der Waals surface area contributed by atoms with E-state index in [-0.39, 0.29) is 24.2 Å². The average Bonchev–Trinajstić information content (AvgIpc) is 3.67. The standard InChI is InChI=1S/C36H42ClNO9/c1-18-15-19(2)36-24(12-13-25-28(36)29(39)20(3)31(32(25)47-36)46-34(41)26-7-6-14-38-26)16-27(43-5)35(42)45-30(18)21(4)44-33(40)23-10-8-22(17-37)9-11-23/h6-15,18,20-21,24-25,27-32,38-39H,16-17H2,1-5H3/b19-15+/t18-,20-,21-,24?,25?,27+,28+,29-,30+,31-,32-,36+/m1/s1. The van der Waals surface area contributed by atoms with Crippen molar-refractivity contribution in [1.29, 1.82) is 0 Å². The van der Waals surface area contributed by atoms with Gasteiger partial charge in [-0.1, -0.05) is 44.2 Å². The molecule has 4 bridgehead atoms. The van der Waals surface area contributed by atoms with Gasteiger partial charge in [0.05, 0.1) is 11.7 Å². The molecule has 0 radical (unpaired) electrons. The summed E-state index contributed by atoms with van der Waals surface area (Å²) in [6.45, 7) is 7.44. The van der Waals surface area contributed by atoms with Crippen LogP contribution in [0.3, 0.4) is 0 Å². The lowest BCUT2D eigenvalue weighted by Crippen LogP contribution is -2.57. The van der Waals surface area contributed by atoms with E-state index in [0.717, 1.165) is 11.1 Å². The second-order valence-corrected chi connectivity index (χ2v) is 13.6. The van der Waals surface area contributed by atoms with Crippen molar-refractivity contribution in [1.82, 2.24) is 4.98 Å². The fourth-order valence-electron chi connectivity index (χ4n) is 8.16. The fourth-order valence-corrected chi connectivity index (χ4v) is 8.34. The molecule has 2 aliphatic heterocycles. The van der Waals surface area contributed by atoms with Gasteiger partial charge < -0.3 is 33.8 Å². The number of nitrogens with one attached hydrogen (secondary N) is 1. The van der Waals surface area contributed by atoms with Crippen molar-refractivity contribution >= 4 is 29.5 Å². The highest BCUT2D eigenvalue weighted by Gasteiger charge is 2.69. The van der Waals surface area contributed by atoms with Gasteiger partial charge in [-0.2, -0.15) is 0 Å². The molecule has 1 saturated heterocycles. The third kappa shape index (κ3) is 5.83. The van der Waals surface area contributed by atoms with E-state index in [2.05, 4.69) is 4.98 Å². The van der Waals surface area contributed by atoms with Crippen molar-refractivity contribution < 1.29 is 43.2 Å². The summed E-state index contributed by atoms with van der Waals surface area (Å²) in [5.41, 5.74) is 1.39. The van der Waals surface area contributed by atoms with E-state index in [4.69, 9.17) is 35.3 Å². The summed E-state index contributed by atoms with van der Waals surface area (Å²) < 4.78 is 30.6. The van der Waals surface area contributed by atoms with E-state index in [0.29, 0.717) is 17.1 Å². The van der Waals surface area contributed by atoms with Crippen LogP contribution in [0.15, 0.2) is 66.4 Å². The third-order valence-corrected chi connectivity index (χ3v) is 10.9. The van der Waals surface area contributed by atoms with Gasteiger partial charge in [0, 0.05) is 48.8 Å². The first-order valence-electron chi connectivity index (χ1n) is 16.2. The molecular formula is C36H42ClNO9. The van der Waals surface area contributed by atoms with Crippen molar-refractivity contribution in [3.8, 4) is 0 Å². The Balaban J connectivity index is 1.33. The molecule has 2 N–H and O–H groups in total. The van der Waals surface area contributed by atoms with Gasteiger partial charge in [-0.05, 0) is 55.7 Å². The van der Waals surface area contributed by atoms with Crippen LogP contribution < -0.4 is 0 Å². The number of cyclic esters (lactones) is 1. The number of aromatic nitrogens is 1. The second kappa shape index (κ2) is 13.2. The Hall–Kier alpha value is -3.44. The summed E-state index contributed by atoms with van der Waals surface area (Å²) >= 11 is 5.89. The lowest BCUT2D eigenvalue weighted by atomic mass is 9.57. The molecule has 252 valence electrons. The predicted octanol–water partition coefficient (Wildman–Crippen LogP) is 5.00. The monoisotopic (exact) mass is 667 g/mol. The topological polar surface area (TPSA) is 133 Å². The largest absolute Gasteiger partial charge is 0.456 e. The number of methoxy groups -OCH3 is 1. The number of carbonyl (C=O) groups excluding carboxylic acids is 3. The Bertz CT molecular complexity index is 1540. The summed E-state index contributed by atoms with van der Waals surface area (Å²) in [4.78, 5) is 42.7. The highest BCUT2D eigenvalue weighted by atomic mass is 35.5. The molecule has 10 nitrogen and oxygen atoms in total. The number of hydrogen-bond donors (Lipinski definition) is 2. The number of halogens is 1. The van der Waals surface area contributed by atoms with Crippen LogP contribution in [0.1, 0.15) is 60.5 Å². The number of carbonyl (C=O) groups is 3. The first-order valence-corrected chi connectivity index (χ1v) is 16.7. The van der Waals surface area contributed by atoms with Gasteiger partial charge in [0.1, 0.15) is 35.7 Å². The summed E-state index contributed by atoms with van der Waals surface area (Å²) in [5.74, 6) is -3.09. The molecule has 2 aromatic rings. The Kier molecular flexibility index (Phi) is 9.41. The summed E-state index contributed by atoms with van der Waals surface area (Å²) in [6, 6.07) is 10.2. The van der Waals surface area contributed by atoms with Crippen LogP contribution in [0.4, 0.5) is 0 Å². The van der Waals surface area contributed by atoms with Crippen molar-refractivity contribution in [2.45, 2.75) is 82.2 Å². The molecule has 4 aliphatic rings. The van der Waals surface area contributed by atoms with Gasteiger partial charge in [-0.15, -0.1) is 11.6 Å². The SMILES string of the molecule is CO[C@H]1CC2C=CC3[C@H]4O[C@]2(/C(C)=C/[C@@H](C)[C@@H]([C@@H](C)OC(=O)c2ccc(CCl)cc2)OC1=O)[C@@H]3[C@H](O)[C@@H](C)[C@H]4OC(=O)c1ccc[nH]1. The summed E-state index contributed by atoms with van der Waals surface area (Å²) in [7, 11) is 1.45. The molecule has 47 heavy (non-hydrogen) atoms. The van der Waals surface area contributed by atoms with Crippen molar-refractivity contribution in [2.24, 2.45) is 29.6 Å². The van der Waals surface area contributed by atoms with Gasteiger partial charge in [0.2, 0.25) is 0 Å². The Morgan fingerprint density at radius 3 is 2.55 bits per heavy atom. The molecule has 12 atom stereocenters. The number of benzene rings is 1. The molecule has 3 heterocycles. The quantitative estimate of drug-likeness (QED) is 0.181. The molecule has 1 aromatic carbocycles. The van der Waals surface area contributed by atoms with E-state index >= 15 is 0 Å². The number of esters is 3. The third-order valence-electron chi connectivity index (χ3n) is 10.6. The van der Waals surface area contributed by atoms with Crippen LogP contribution >= 0.6 is 11.6 Å². The zero-order valence-corrected chi connectivity index (χ0v) is 27.9. The van der Waals surface area contributed by atoms with Gasteiger partial charge in [-0.3, -0.25) is 0 Å². The van der Waals surface area contributed by atoms with Gasteiger partial charge >= 0.3 is 17.9 Å². The molecule has 6 rings (SSSR count). The maximum Gasteiger partial charge on any atom is 0.355 e. The molecule has 1 aromatic heterocycles. The first kappa shape index (κ1) is 33.5. The number of H-pyrrole nitrogens is 1. The van der Waals surface area contributed by atoms with Crippen molar-refractivity contribution in [3.63, 3.8) is 0 Å². The lowest BCUT2D eigenvalue weighted by molar-refractivity contribution is -0.172. The normalized spacial score (nSPS) is 37.9. The van der Waals surface area contributed by atoms with E-state index in [9.17, 15) is 19.5 Å². The zero-order chi connectivity index (χ0) is 33.6. The van der Waals surface area contributed by atoms with Crippen LogP contribution in [-0.4, -0.2) is 77.3 Å². The van der Waals surface area contributed by atoms with Crippen LogP contribution in [0, 0.1) is 29.6 Å². The fraction of sp³-hybridized carbons (Fsp3) is 0.528. The molecule has 2 unspecified atom stereocenters. The molecule has 2 fully saturated rings. The Morgan fingerprint density at radius 2 is 1.89 bits per heavy atom. The predicted molar refractivity (Wildman–Crippen MR) is 171 cm³/mol. The van der Waals surface area contributed by atoms with Crippen LogP contribution in [-0.2, 0) is 34.4 Å². The molecule has 0 amide bonds. The number of hydrogen-bond acceptors (Lipinski definition) is 9. The van der Waals surface area contributed by atoms with E-state index in [1.165, 1.54) is 7.11 Å². The Labute approximate surface area is 279 Å². The summed E-state index contributed by atoms with van der Waals surface area (Å²) in [5, 5.41) is 11.9. The maximum absolute atomic E-state index is 13.6. The summed E-state index contributed by atoms with van der Waals surface area (Å²) in [6.07, 6.45) is 3.22. The average molecular weight is 668 g/mol. The highest BCUT2D eigenvalue weighted by Crippen LogP contribution is 2.61. The first-order chi connectivity index (χ1) is 22.5. The minimum atomic E-state index is -1.01.